The highest BCUT2D eigenvalue weighted by atomic mass is 32.1. The maximum Gasteiger partial charge on any atom is 0.254 e. The lowest BCUT2D eigenvalue weighted by molar-refractivity contribution is -0.0141. The zero-order chi connectivity index (χ0) is 16.9. The fraction of sp³-hybridized carbons (Fsp3) is 0.222. The molecular formula is C18H18N2O3S. The summed E-state index contributed by atoms with van der Waals surface area (Å²) in [5.74, 6) is -0.259. The van der Waals surface area contributed by atoms with Crippen LogP contribution >= 0.6 is 11.3 Å². The number of rotatable bonds is 6. The number of benzene rings is 1. The van der Waals surface area contributed by atoms with Gasteiger partial charge in [0.2, 0.25) is 0 Å². The minimum atomic E-state index is -0.743. The van der Waals surface area contributed by atoms with Crippen LogP contribution in [0.4, 0.5) is 0 Å². The molecule has 3 rings (SSSR count). The molecular weight excluding hydrogens is 324 g/mol. The van der Waals surface area contributed by atoms with Crippen molar-refractivity contribution in [1.82, 2.24) is 10.3 Å². The molecule has 2 heterocycles. The maximum atomic E-state index is 12.0. The van der Waals surface area contributed by atoms with Crippen LogP contribution in [0.2, 0.25) is 0 Å². The van der Waals surface area contributed by atoms with Crippen molar-refractivity contribution in [2.45, 2.75) is 19.3 Å². The average molecular weight is 342 g/mol. The summed E-state index contributed by atoms with van der Waals surface area (Å²) in [5.41, 5.74) is 1.27. The molecule has 1 aromatic carbocycles. The Morgan fingerprint density at radius 2 is 2.25 bits per heavy atom. The average Bonchev–Trinajstić information content (AvgIpc) is 3.08. The number of nitrogens with zero attached hydrogens (tertiary/aromatic N) is 1. The van der Waals surface area contributed by atoms with Crippen molar-refractivity contribution in [3.05, 3.63) is 65.3 Å². The van der Waals surface area contributed by atoms with Crippen molar-refractivity contribution >= 4 is 27.3 Å². The molecule has 0 bridgehead atoms. The van der Waals surface area contributed by atoms with Gasteiger partial charge in [-0.3, -0.25) is 9.78 Å². The standard InChI is InChI=1S/C18H18N2O3S/c1-12(20-18(22)15-3-2-7-19-10-15)23-11-16(21)13-4-5-17-14(9-13)6-8-24-17/h2-10,12,16,21H,11H2,1H3,(H,20,22). The Balaban J connectivity index is 1.53. The van der Waals surface area contributed by atoms with Gasteiger partial charge in [0.25, 0.3) is 5.91 Å². The number of aliphatic hydroxyl groups is 1. The number of amides is 1. The Morgan fingerprint density at radius 1 is 1.38 bits per heavy atom. The van der Waals surface area contributed by atoms with Crippen molar-refractivity contribution in [1.29, 1.82) is 0 Å². The van der Waals surface area contributed by atoms with Crippen LogP contribution in [0.15, 0.2) is 54.2 Å². The second kappa shape index (κ2) is 7.53. The highest BCUT2D eigenvalue weighted by Crippen LogP contribution is 2.24. The van der Waals surface area contributed by atoms with Gasteiger partial charge in [-0.1, -0.05) is 6.07 Å². The molecule has 0 spiro atoms. The van der Waals surface area contributed by atoms with Gasteiger partial charge >= 0.3 is 0 Å². The molecule has 3 aromatic rings. The lowest BCUT2D eigenvalue weighted by Gasteiger charge is -2.18. The lowest BCUT2D eigenvalue weighted by Crippen LogP contribution is -2.35. The van der Waals surface area contributed by atoms with E-state index in [9.17, 15) is 9.90 Å². The Bertz CT molecular complexity index is 819. The van der Waals surface area contributed by atoms with Crippen molar-refractivity contribution in [3.8, 4) is 0 Å². The smallest absolute Gasteiger partial charge is 0.254 e. The highest BCUT2D eigenvalue weighted by Gasteiger charge is 2.14. The molecule has 2 N–H and O–H groups in total. The predicted octanol–water partition coefficient (Wildman–Crippen LogP) is 3.12. The molecule has 0 aliphatic rings. The number of hydrogen-bond donors (Lipinski definition) is 2. The van der Waals surface area contributed by atoms with Gasteiger partial charge < -0.3 is 15.2 Å². The minimum absolute atomic E-state index is 0.101. The molecule has 0 aliphatic carbocycles. The minimum Gasteiger partial charge on any atom is -0.386 e. The fourth-order valence-corrected chi connectivity index (χ4v) is 3.10. The lowest BCUT2D eigenvalue weighted by atomic mass is 10.1. The summed E-state index contributed by atoms with van der Waals surface area (Å²) in [5, 5.41) is 16.1. The van der Waals surface area contributed by atoms with Gasteiger partial charge in [0, 0.05) is 17.1 Å². The van der Waals surface area contributed by atoms with Crippen molar-refractivity contribution in [3.63, 3.8) is 0 Å². The summed E-state index contributed by atoms with van der Waals surface area (Å²) >= 11 is 1.67. The van der Waals surface area contributed by atoms with Crippen LogP contribution in [0.5, 0.6) is 0 Å². The van der Waals surface area contributed by atoms with E-state index in [1.807, 2.05) is 29.6 Å². The van der Waals surface area contributed by atoms with Gasteiger partial charge in [-0.25, -0.2) is 0 Å². The molecule has 6 heteroatoms. The Labute approximate surface area is 143 Å². The van der Waals surface area contributed by atoms with Gasteiger partial charge in [0.1, 0.15) is 12.3 Å². The molecule has 124 valence electrons. The Kier molecular flexibility index (Phi) is 5.20. The van der Waals surface area contributed by atoms with E-state index in [1.54, 1.807) is 36.6 Å². The van der Waals surface area contributed by atoms with Crippen molar-refractivity contribution in [2.24, 2.45) is 0 Å². The zero-order valence-corrected chi connectivity index (χ0v) is 14.0. The molecule has 0 saturated heterocycles. The number of aliphatic hydroxyl groups excluding tert-OH is 1. The predicted molar refractivity (Wildman–Crippen MR) is 93.9 cm³/mol. The molecule has 1 amide bonds. The third kappa shape index (κ3) is 3.97. The first-order valence-corrected chi connectivity index (χ1v) is 8.49. The largest absolute Gasteiger partial charge is 0.386 e. The summed E-state index contributed by atoms with van der Waals surface area (Å²) in [6.07, 6.45) is 1.84. The molecule has 0 radical (unpaired) electrons. The van der Waals surface area contributed by atoms with Gasteiger partial charge in [-0.2, -0.15) is 0 Å². The molecule has 2 atom stereocenters. The number of carbonyl (C=O) groups excluding carboxylic acids is 1. The highest BCUT2D eigenvalue weighted by molar-refractivity contribution is 7.17. The molecule has 2 unspecified atom stereocenters. The van der Waals surface area contributed by atoms with Gasteiger partial charge in [-0.15, -0.1) is 11.3 Å². The molecule has 0 fully saturated rings. The number of carbonyl (C=O) groups is 1. The first-order valence-electron chi connectivity index (χ1n) is 7.61. The van der Waals surface area contributed by atoms with Crippen LogP contribution in [-0.4, -0.2) is 28.8 Å². The summed E-state index contributed by atoms with van der Waals surface area (Å²) in [6.45, 7) is 1.83. The van der Waals surface area contributed by atoms with E-state index in [0.29, 0.717) is 5.56 Å². The monoisotopic (exact) mass is 342 g/mol. The Hall–Kier alpha value is -2.28. The van der Waals surface area contributed by atoms with Crippen LogP contribution in [0.1, 0.15) is 28.9 Å². The van der Waals surface area contributed by atoms with Crippen LogP contribution < -0.4 is 5.32 Å². The zero-order valence-electron chi connectivity index (χ0n) is 13.2. The second-order valence-corrected chi connectivity index (χ2v) is 6.37. The van der Waals surface area contributed by atoms with Gasteiger partial charge in [0.05, 0.1) is 12.2 Å². The number of hydrogen-bond acceptors (Lipinski definition) is 5. The van der Waals surface area contributed by atoms with E-state index >= 15 is 0 Å². The number of thiophene rings is 1. The molecule has 5 nitrogen and oxygen atoms in total. The molecule has 0 saturated carbocycles. The first kappa shape index (κ1) is 16.6. The topological polar surface area (TPSA) is 71.5 Å². The van der Waals surface area contributed by atoms with Crippen molar-refractivity contribution in [2.75, 3.05) is 6.61 Å². The summed E-state index contributed by atoms with van der Waals surface area (Å²) < 4.78 is 6.73. The number of pyridine rings is 1. The third-order valence-electron chi connectivity index (χ3n) is 3.62. The second-order valence-electron chi connectivity index (χ2n) is 5.42. The van der Waals surface area contributed by atoms with E-state index in [1.165, 1.54) is 10.9 Å². The van der Waals surface area contributed by atoms with Crippen LogP contribution in [0.3, 0.4) is 0 Å². The Morgan fingerprint density at radius 3 is 3.04 bits per heavy atom. The summed E-state index contributed by atoms with van der Waals surface area (Å²) in [4.78, 5) is 15.9. The summed E-state index contributed by atoms with van der Waals surface area (Å²) in [6, 6.07) is 11.2. The normalized spacial score (nSPS) is 13.6. The summed E-state index contributed by atoms with van der Waals surface area (Å²) in [7, 11) is 0. The third-order valence-corrected chi connectivity index (χ3v) is 4.52. The SMILES string of the molecule is CC(NC(=O)c1cccnc1)OCC(O)c1ccc2sccc2c1. The number of aromatic nitrogens is 1. The number of fused-ring (bicyclic) bond motifs is 1. The maximum absolute atomic E-state index is 12.0. The first-order chi connectivity index (χ1) is 11.6. The van der Waals surface area contributed by atoms with Crippen molar-refractivity contribution < 1.29 is 14.6 Å². The fourth-order valence-electron chi connectivity index (χ4n) is 2.33. The van der Waals surface area contributed by atoms with Crippen LogP contribution in [-0.2, 0) is 4.74 Å². The number of nitrogens with one attached hydrogen (secondary N) is 1. The van der Waals surface area contributed by atoms with E-state index in [2.05, 4.69) is 10.3 Å². The van der Waals surface area contributed by atoms with Crippen LogP contribution in [0.25, 0.3) is 10.1 Å². The molecule has 0 aliphatic heterocycles. The van der Waals surface area contributed by atoms with E-state index in [0.717, 1.165) is 10.9 Å². The van der Waals surface area contributed by atoms with Gasteiger partial charge in [0.15, 0.2) is 0 Å². The van der Waals surface area contributed by atoms with E-state index in [-0.39, 0.29) is 12.5 Å². The molecule has 2 aromatic heterocycles. The van der Waals surface area contributed by atoms with E-state index < -0.39 is 12.3 Å². The molecule has 24 heavy (non-hydrogen) atoms. The quantitative estimate of drug-likeness (QED) is 0.675. The van der Waals surface area contributed by atoms with Gasteiger partial charge in [-0.05, 0) is 53.6 Å². The van der Waals surface area contributed by atoms with E-state index in [4.69, 9.17) is 4.74 Å². The number of ether oxygens (including phenoxy) is 1. The van der Waals surface area contributed by atoms with Crippen LogP contribution in [0, 0.1) is 0 Å².